The molecule has 114 valence electrons. The second kappa shape index (κ2) is 5.39. The van der Waals surface area contributed by atoms with E-state index in [1.807, 2.05) is 37.3 Å². The van der Waals surface area contributed by atoms with E-state index in [0.29, 0.717) is 0 Å². The third-order valence-corrected chi connectivity index (χ3v) is 4.74. The SMILES string of the molecule is CN(C(=O)OCc1ccccc1)C(C)(C(=O)O)C1(C)CC1. The number of nitrogens with zero attached hydrogens (tertiary/aromatic N) is 1. The van der Waals surface area contributed by atoms with E-state index in [1.165, 1.54) is 11.9 Å². The number of rotatable bonds is 5. The van der Waals surface area contributed by atoms with Crippen molar-refractivity contribution in [3.8, 4) is 0 Å². The van der Waals surface area contributed by atoms with Gasteiger partial charge < -0.3 is 9.84 Å². The maximum absolute atomic E-state index is 12.2. The molecule has 1 atom stereocenters. The van der Waals surface area contributed by atoms with Gasteiger partial charge in [-0.2, -0.15) is 0 Å². The van der Waals surface area contributed by atoms with Crippen molar-refractivity contribution in [3.05, 3.63) is 35.9 Å². The quantitative estimate of drug-likeness (QED) is 0.905. The fourth-order valence-corrected chi connectivity index (χ4v) is 2.48. The Morgan fingerprint density at radius 1 is 1.33 bits per heavy atom. The van der Waals surface area contributed by atoms with E-state index >= 15 is 0 Å². The van der Waals surface area contributed by atoms with Crippen molar-refractivity contribution in [2.24, 2.45) is 5.41 Å². The van der Waals surface area contributed by atoms with Crippen molar-refractivity contribution in [2.75, 3.05) is 7.05 Å². The van der Waals surface area contributed by atoms with Crippen molar-refractivity contribution < 1.29 is 19.4 Å². The lowest BCUT2D eigenvalue weighted by Gasteiger charge is -2.39. The molecule has 1 amide bonds. The molecule has 1 N–H and O–H groups in total. The minimum Gasteiger partial charge on any atom is -0.479 e. The standard InChI is InChI=1S/C16H21NO4/c1-15(9-10-15)16(2,13(18)19)17(3)14(20)21-11-12-7-5-4-6-8-12/h4-8H,9-11H2,1-3H3,(H,18,19). The molecule has 0 radical (unpaired) electrons. The number of aliphatic carboxylic acids is 1. The van der Waals surface area contributed by atoms with Crippen LogP contribution in [0.5, 0.6) is 0 Å². The summed E-state index contributed by atoms with van der Waals surface area (Å²) in [4.78, 5) is 25.1. The molecule has 0 spiro atoms. The number of likely N-dealkylation sites (N-methyl/N-ethyl adjacent to an activating group) is 1. The monoisotopic (exact) mass is 291 g/mol. The van der Waals surface area contributed by atoms with E-state index in [2.05, 4.69) is 0 Å². The molecular weight excluding hydrogens is 270 g/mol. The van der Waals surface area contributed by atoms with Crippen LogP contribution in [0.4, 0.5) is 4.79 Å². The van der Waals surface area contributed by atoms with Crippen LogP contribution in [0.1, 0.15) is 32.3 Å². The maximum atomic E-state index is 12.2. The number of ether oxygens (including phenoxy) is 1. The first-order valence-corrected chi connectivity index (χ1v) is 6.99. The number of amides is 1. The van der Waals surface area contributed by atoms with Crippen molar-refractivity contribution in [3.63, 3.8) is 0 Å². The van der Waals surface area contributed by atoms with E-state index in [9.17, 15) is 14.7 Å². The molecule has 1 aromatic carbocycles. The Balaban J connectivity index is 2.06. The largest absolute Gasteiger partial charge is 0.479 e. The normalized spacial score (nSPS) is 18.4. The second-order valence-corrected chi connectivity index (χ2v) is 6.04. The number of hydrogen-bond donors (Lipinski definition) is 1. The third kappa shape index (κ3) is 2.73. The van der Waals surface area contributed by atoms with Gasteiger partial charge in [-0.1, -0.05) is 37.3 Å². The van der Waals surface area contributed by atoms with Crippen LogP contribution in [0.2, 0.25) is 0 Å². The molecule has 1 saturated carbocycles. The highest BCUT2D eigenvalue weighted by Crippen LogP contribution is 2.55. The van der Waals surface area contributed by atoms with E-state index < -0.39 is 17.6 Å². The minimum absolute atomic E-state index is 0.135. The number of benzene rings is 1. The Kier molecular flexibility index (Phi) is 3.94. The van der Waals surface area contributed by atoms with Gasteiger partial charge in [-0.3, -0.25) is 4.90 Å². The minimum atomic E-state index is -1.25. The molecule has 1 fully saturated rings. The van der Waals surface area contributed by atoms with Gasteiger partial charge in [0, 0.05) is 12.5 Å². The van der Waals surface area contributed by atoms with E-state index in [1.54, 1.807) is 6.92 Å². The van der Waals surface area contributed by atoms with Crippen LogP contribution in [-0.2, 0) is 16.1 Å². The molecule has 1 aliphatic rings. The predicted molar refractivity (Wildman–Crippen MR) is 77.8 cm³/mol. The first kappa shape index (κ1) is 15.4. The summed E-state index contributed by atoms with van der Waals surface area (Å²) in [6, 6.07) is 9.31. The Morgan fingerprint density at radius 3 is 2.38 bits per heavy atom. The average molecular weight is 291 g/mol. The molecule has 0 heterocycles. The fraction of sp³-hybridized carbons (Fsp3) is 0.500. The molecular formula is C16H21NO4. The van der Waals surface area contributed by atoms with Gasteiger partial charge >= 0.3 is 12.1 Å². The summed E-state index contributed by atoms with van der Waals surface area (Å²) in [6.45, 7) is 3.62. The van der Waals surface area contributed by atoms with Gasteiger partial charge in [0.15, 0.2) is 0 Å². The maximum Gasteiger partial charge on any atom is 0.410 e. The van der Waals surface area contributed by atoms with Crippen LogP contribution in [0, 0.1) is 5.41 Å². The Hall–Kier alpha value is -2.04. The lowest BCUT2D eigenvalue weighted by Crippen LogP contribution is -2.58. The van der Waals surface area contributed by atoms with Crippen LogP contribution in [-0.4, -0.2) is 34.7 Å². The second-order valence-electron chi connectivity index (χ2n) is 6.04. The van der Waals surface area contributed by atoms with Gasteiger partial charge in [0.2, 0.25) is 0 Å². The van der Waals surface area contributed by atoms with Gasteiger partial charge in [-0.05, 0) is 25.3 Å². The molecule has 5 heteroatoms. The van der Waals surface area contributed by atoms with Crippen LogP contribution in [0.3, 0.4) is 0 Å². The summed E-state index contributed by atoms with van der Waals surface area (Å²) in [5.74, 6) is -0.998. The summed E-state index contributed by atoms with van der Waals surface area (Å²) >= 11 is 0. The van der Waals surface area contributed by atoms with Gasteiger partial charge in [-0.25, -0.2) is 9.59 Å². The van der Waals surface area contributed by atoms with E-state index in [-0.39, 0.29) is 12.0 Å². The molecule has 1 aromatic rings. The molecule has 1 unspecified atom stereocenters. The molecule has 0 aliphatic heterocycles. The molecule has 21 heavy (non-hydrogen) atoms. The van der Waals surface area contributed by atoms with Crippen molar-refractivity contribution >= 4 is 12.1 Å². The summed E-state index contributed by atoms with van der Waals surface area (Å²) in [7, 11) is 1.49. The Morgan fingerprint density at radius 2 is 1.90 bits per heavy atom. The molecule has 1 aliphatic carbocycles. The van der Waals surface area contributed by atoms with Gasteiger partial charge in [0.1, 0.15) is 12.1 Å². The number of carbonyl (C=O) groups excluding carboxylic acids is 1. The summed E-state index contributed by atoms with van der Waals surface area (Å²) in [5, 5.41) is 9.56. The highest BCUT2D eigenvalue weighted by Gasteiger charge is 2.61. The van der Waals surface area contributed by atoms with Crippen LogP contribution < -0.4 is 0 Å². The van der Waals surface area contributed by atoms with Gasteiger partial charge in [0.05, 0.1) is 0 Å². The zero-order valence-corrected chi connectivity index (χ0v) is 12.6. The highest BCUT2D eigenvalue weighted by atomic mass is 16.6. The first-order chi connectivity index (χ1) is 9.81. The van der Waals surface area contributed by atoms with Crippen molar-refractivity contribution in [1.82, 2.24) is 4.90 Å². The molecule has 0 bridgehead atoms. The zero-order valence-electron chi connectivity index (χ0n) is 12.6. The van der Waals surface area contributed by atoms with Crippen molar-refractivity contribution in [2.45, 2.75) is 38.8 Å². The Labute approximate surface area is 124 Å². The fourth-order valence-electron chi connectivity index (χ4n) is 2.48. The van der Waals surface area contributed by atoms with Crippen molar-refractivity contribution in [1.29, 1.82) is 0 Å². The molecule has 0 saturated heterocycles. The molecule has 0 aromatic heterocycles. The van der Waals surface area contributed by atoms with Crippen LogP contribution >= 0.6 is 0 Å². The topological polar surface area (TPSA) is 66.8 Å². The van der Waals surface area contributed by atoms with E-state index in [4.69, 9.17) is 4.74 Å². The van der Waals surface area contributed by atoms with Crippen LogP contribution in [0.15, 0.2) is 30.3 Å². The molecule has 5 nitrogen and oxygen atoms in total. The molecule has 2 rings (SSSR count). The van der Waals surface area contributed by atoms with Gasteiger partial charge in [-0.15, -0.1) is 0 Å². The average Bonchev–Trinajstić information content (AvgIpc) is 3.23. The number of carboxylic acid groups (broad SMARTS) is 1. The summed E-state index contributed by atoms with van der Waals surface area (Å²) in [5.41, 5.74) is -0.769. The number of carbonyl (C=O) groups is 2. The van der Waals surface area contributed by atoms with E-state index in [0.717, 1.165) is 18.4 Å². The zero-order chi connectivity index (χ0) is 15.7. The lowest BCUT2D eigenvalue weighted by molar-refractivity contribution is -0.153. The smallest absolute Gasteiger partial charge is 0.410 e. The predicted octanol–water partition coefficient (Wildman–Crippen LogP) is 2.90. The van der Waals surface area contributed by atoms with Crippen LogP contribution in [0.25, 0.3) is 0 Å². The first-order valence-electron chi connectivity index (χ1n) is 6.99. The summed E-state index contributed by atoms with van der Waals surface area (Å²) in [6.07, 6.45) is 0.981. The Bertz CT molecular complexity index is 538. The number of carboxylic acids is 1. The third-order valence-electron chi connectivity index (χ3n) is 4.74. The lowest BCUT2D eigenvalue weighted by atomic mass is 9.82. The summed E-state index contributed by atoms with van der Waals surface area (Å²) < 4.78 is 5.23. The van der Waals surface area contributed by atoms with Gasteiger partial charge in [0.25, 0.3) is 0 Å². The highest BCUT2D eigenvalue weighted by molar-refractivity contribution is 5.85. The number of hydrogen-bond acceptors (Lipinski definition) is 3.